The average molecular weight is 1220 g/mol. The second-order valence-electron chi connectivity index (χ2n) is 18.5. The lowest BCUT2D eigenvalue weighted by atomic mass is 10.1. The molecular weight excluding hydrogens is 1160 g/mol. The first kappa shape index (κ1) is 56.0. The van der Waals surface area contributed by atoms with Crippen molar-refractivity contribution in [3.05, 3.63) is 68.2 Å². The topological polar surface area (TPSA) is 206 Å². The molecule has 0 aliphatic carbocycles. The number of nitrogens with zero attached hydrogens (tertiary/aromatic N) is 8. The number of halogens is 3. The van der Waals surface area contributed by atoms with E-state index in [4.69, 9.17) is 65.8 Å². The van der Waals surface area contributed by atoms with Crippen molar-refractivity contribution in [3.8, 4) is 57.8 Å². The molecule has 6 heterocycles. The minimum Gasteiger partial charge on any atom is -0.493 e. The number of carbonyl (C=O) groups excluding carboxylic acids is 2. The third-order valence-electron chi connectivity index (χ3n) is 13.3. The number of hydrogen-bond donors (Lipinski definition) is 2. The minimum atomic E-state index is 0.0158. The number of amides is 2. The summed E-state index contributed by atoms with van der Waals surface area (Å²) in [5, 5.41) is 8.93. The van der Waals surface area contributed by atoms with Crippen LogP contribution in [0.3, 0.4) is 0 Å². The number of carbonyl (C=O) groups is 2. The predicted molar refractivity (Wildman–Crippen MR) is 303 cm³/mol. The number of fused-ring (bicyclic) bond motifs is 4. The lowest BCUT2D eigenvalue weighted by molar-refractivity contribution is -0.135. The summed E-state index contributed by atoms with van der Waals surface area (Å²) < 4.78 is 52.3. The molecule has 2 amide bonds. The monoisotopic (exact) mass is 1220 g/mol. The van der Waals surface area contributed by atoms with Crippen LogP contribution in [0.25, 0.3) is 21.8 Å². The number of piperazine rings is 2. The molecule has 0 spiro atoms. The predicted octanol–water partition coefficient (Wildman–Crippen LogP) is 8.00. The molecule has 4 aliphatic rings. The van der Waals surface area contributed by atoms with E-state index in [9.17, 15) is 9.59 Å². The Bertz CT molecular complexity index is 3260. The van der Waals surface area contributed by atoms with Crippen LogP contribution < -0.4 is 48.5 Å². The van der Waals surface area contributed by atoms with E-state index in [2.05, 4.69) is 74.8 Å². The Hall–Kier alpha value is -6.75. The largest absolute Gasteiger partial charge is 0.493 e. The number of ether oxygens (including phenoxy) is 9. The zero-order valence-electron chi connectivity index (χ0n) is 44.0. The van der Waals surface area contributed by atoms with Crippen molar-refractivity contribution in [2.24, 2.45) is 0 Å². The number of methoxy groups -OCH3 is 3. The summed E-state index contributed by atoms with van der Waals surface area (Å²) in [5.74, 6) is 12.0. The van der Waals surface area contributed by atoms with Crippen LogP contribution in [0.5, 0.6) is 46.0 Å². The SMILES string of the molecule is COc1cc2c(Nc3c(Cl)cc(C#CCC(C)OC)c4c3OCO4)ncnc2cc1OCCCN1CCN(C)C(=O)C1.COc1cc2c(Nc3c(Cl)cc(I)c4c3OCO4)ncnc2cc1OCCCN1CCN(C)C(=O)C1. The molecule has 0 bridgehead atoms. The van der Waals surface area contributed by atoms with E-state index >= 15 is 0 Å². The van der Waals surface area contributed by atoms with Gasteiger partial charge in [-0.2, -0.15) is 0 Å². The lowest BCUT2D eigenvalue weighted by Crippen LogP contribution is -2.48. The number of likely N-dealkylation sites (N-methyl/N-ethyl adjacent to an activating group) is 2. The van der Waals surface area contributed by atoms with Crippen LogP contribution in [-0.2, 0) is 14.3 Å². The number of hydrogen-bond acceptors (Lipinski definition) is 19. The van der Waals surface area contributed by atoms with Crippen molar-refractivity contribution in [2.75, 3.05) is 125 Å². The van der Waals surface area contributed by atoms with Gasteiger partial charge in [0.15, 0.2) is 46.0 Å². The molecule has 1 atom stereocenters. The molecule has 21 nitrogen and oxygen atoms in total. The standard InChI is InChI=1S/C30H34ClN5O6.C24H25ClIN5O5/c1-19(38-3)7-5-8-20-13-22(31)27(29-28(20)41-18-42-29)34-30-21-14-24(39-4)25(15-23(21)32-17-33-30)40-12-6-9-36-11-10-35(2)26(37)16-36;1-30-5-6-31(11-20(30)32)4-3-7-34-19-10-17-14(8-18(19)33-2)24(28-12-27-17)29-21-15(25)9-16(26)22-23(21)36-13-35-22/h13-15,17,19H,6-7,9-12,16,18H2,1-4H3,(H,32,33,34);8-10,12H,3-7,11,13H2,1-2H3,(H,27,28,29). The molecule has 10 rings (SSSR count). The summed E-state index contributed by atoms with van der Waals surface area (Å²) in [5.41, 5.74) is 3.07. The Morgan fingerprint density at radius 1 is 0.654 bits per heavy atom. The van der Waals surface area contributed by atoms with Gasteiger partial charge in [-0.15, -0.1) is 0 Å². The van der Waals surface area contributed by atoms with Crippen LogP contribution in [0.4, 0.5) is 23.0 Å². The first-order valence-corrected chi connectivity index (χ1v) is 26.9. The molecule has 0 saturated carbocycles. The number of benzene rings is 4. The molecule has 4 aromatic carbocycles. The third kappa shape index (κ3) is 13.0. The van der Waals surface area contributed by atoms with Gasteiger partial charge in [0.1, 0.15) is 35.7 Å². The Morgan fingerprint density at radius 3 is 1.64 bits per heavy atom. The fourth-order valence-electron chi connectivity index (χ4n) is 8.78. The van der Waals surface area contributed by atoms with Gasteiger partial charge < -0.3 is 63.1 Å². The maximum Gasteiger partial charge on any atom is 0.236 e. The molecule has 24 heteroatoms. The van der Waals surface area contributed by atoms with Crippen molar-refractivity contribution in [1.29, 1.82) is 0 Å². The van der Waals surface area contributed by atoms with E-state index in [0.717, 1.165) is 61.1 Å². The molecule has 2 N–H and O–H groups in total. The summed E-state index contributed by atoms with van der Waals surface area (Å²) in [4.78, 5) is 49.4. The van der Waals surface area contributed by atoms with Gasteiger partial charge in [-0.05, 0) is 66.6 Å². The van der Waals surface area contributed by atoms with Crippen LogP contribution in [0, 0.1) is 15.4 Å². The van der Waals surface area contributed by atoms with Gasteiger partial charge in [-0.25, -0.2) is 19.9 Å². The minimum absolute atomic E-state index is 0.0158. The van der Waals surface area contributed by atoms with Crippen molar-refractivity contribution in [3.63, 3.8) is 0 Å². The van der Waals surface area contributed by atoms with Crippen LogP contribution in [0.15, 0.2) is 49.1 Å². The van der Waals surface area contributed by atoms with E-state index in [1.807, 2.05) is 51.4 Å². The molecule has 1 unspecified atom stereocenters. The molecule has 2 fully saturated rings. The molecule has 2 aromatic heterocycles. The number of aromatic nitrogens is 4. The smallest absolute Gasteiger partial charge is 0.236 e. The highest BCUT2D eigenvalue weighted by Gasteiger charge is 2.28. The second-order valence-corrected chi connectivity index (χ2v) is 20.5. The van der Waals surface area contributed by atoms with Crippen LogP contribution in [0.2, 0.25) is 10.0 Å². The van der Waals surface area contributed by atoms with Gasteiger partial charge in [0.2, 0.25) is 25.4 Å². The molecule has 2 saturated heterocycles. The quantitative estimate of drug-likeness (QED) is 0.0475. The highest BCUT2D eigenvalue weighted by molar-refractivity contribution is 14.1. The Morgan fingerprint density at radius 2 is 1.14 bits per heavy atom. The number of nitrogens with one attached hydrogen (secondary N) is 2. The van der Waals surface area contributed by atoms with Gasteiger partial charge in [0.25, 0.3) is 0 Å². The summed E-state index contributed by atoms with van der Waals surface area (Å²) >= 11 is 15.4. The lowest BCUT2D eigenvalue weighted by Gasteiger charge is -2.31. The van der Waals surface area contributed by atoms with Crippen LogP contribution in [0.1, 0.15) is 31.7 Å². The zero-order valence-corrected chi connectivity index (χ0v) is 47.7. The highest BCUT2D eigenvalue weighted by atomic mass is 127. The first-order valence-electron chi connectivity index (χ1n) is 25.1. The maximum absolute atomic E-state index is 12.0. The summed E-state index contributed by atoms with van der Waals surface area (Å²) in [6.07, 6.45) is 5.08. The highest BCUT2D eigenvalue weighted by Crippen LogP contribution is 2.49. The Balaban J connectivity index is 0.000000192. The molecule has 0 radical (unpaired) electrons. The van der Waals surface area contributed by atoms with Gasteiger partial charge in [0.05, 0.1) is 76.8 Å². The first-order chi connectivity index (χ1) is 37.8. The molecule has 412 valence electrons. The van der Waals surface area contributed by atoms with Gasteiger partial charge in [-0.3, -0.25) is 19.4 Å². The fraction of sp³-hybridized carbons (Fsp3) is 0.407. The van der Waals surface area contributed by atoms with E-state index in [-0.39, 0.29) is 31.5 Å². The third-order valence-corrected chi connectivity index (χ3v) is 14.7. The average Bonchev–Trinajstić information content (AvgIpc) is 4.22. The molecule has 78 heavy (non-hydrogen) atoms. The fourth-order valence-corrected chi connectivity index (χ4v) is 10.2. The van der Waals surface area contributed by atoms with Gasteiger partial charge >= 0.3 is 0 Å². The van der Waals surface area contributed by atoms with Crippen molar-refractivity contribution in [2.45, 2.75) is 32.3 Å². The molecule has 6 aromatic rings. The van der Waals surface area contributed by atoms with Crippen molar-refractivity contribution < 1.29 is 52.2 Å². The second kappa shape index (κ2) is 25.8. The van der Waals surface area contributed by atoms with E-state index in [1.54, 1.807) is 37.2 Å². The van der Waals surface area contributed by atoms with Crippen LogP contribution in [-0.4, -0.2) is 172 Å². The van der Waals surface area contributed by atoms with Crippen LogP contribution >= 0.6 is 45.8 Å². The van der Waals surface area contributed by atoms with Gasteiger partial charge in [-0.1, -0.05) is 35.0 Å². The van der Waals surface area contributed by atoms with Crippen molar-refractivity contribution >= 4 is 102 Å². The van der Waals surface area contributed by atoms with E-state index < -0.39 is 0 Å². The van der Waals surface area contributed by atoms with Gasteiger partial charge in [0, 0.05) is 89.8 Å². The number of anilines is 4. The number of rotatable bonds is 18. The normalized spacial score (nSPS) is 15.4. The maximum atomic E-state index is 12.0. The van der Waals surface area contributed by atoms with E-state index in [0.29, 0.717) is 134 Å². The zero-order chi connectivity index (χ0) is 54.9. The van der Waals surface area contributed by atoms with E-state index in [1.165, 1.54) is 12.7 Å². The van der Waals surface area contributed by atoms with Crippen molar-refractivity contribution in [1.82, 2.24) is 39.5 Å². The Kier molecular flexibility index (Phi) is 18.5. The summed E-state index contributed by atoms with van der Waals surface area (Å²) in [6, 6.07) is 10.9. The molecule has 4 aliphatic heterocycles. The molecular formula is C54H59Cl2IN10O11. The summed E-state index contributed by atoms with van der Waals surface area (Å²) in [7, 11) is 8.50. The Labute approximate surface area is 475 Å². The summed E-state index contributed by atoms with van der Waals surface area (Å²) in [6.45, 7) is 8.79.